The predicted octanol–water partition coefficient (Wildman–Crippen LogP) is 1.31. The van der Waals surface area contributed by atoms with Crippen LogP contribution in [0.4, 0.5) is 0 Å². The second-order valence-electron chi connectivity index (χ2n) is 6.46. The fourth-order valence-corrected chi connectivity index (χ4v) is 3.02. The maximum atomic E-state index is 12.0. The molecule has 0 N–H and O–H groups in total. The first-order chi connectivity index (χ1) is 8.59. The summed E-state index contributed by atoms with van der Waals surface area (Å²) < 4.78 is 24.2. The van der Waals surface area contributed by atoms with Crippen LogP contribution in [-0.2, 0) is 14.8 Å². The van der Waals surface area contributed by atoms with Crippen molar-refractivity contribution >= 4 is 15.9 Å². The van der Waals surface area contributed by atoms with Crippen molar-refractivity contribution in [1.82, 2.24) is 9.21 Å². The molecule has 0 aromatic heterocycles. The fraction of sp³-hybridized carbons (Fsp3) is 0.923. The van der Waals surface area contributed by atoms with E-state index >= 15 is 0 Å². The zero-order chi connectivity index (χ0) is 14.7. The molecular formula is C13H26N2O3S. The molecule has 0 saturated carbocycles. The Morgan fingerprint density at radius 3 is 2.05 bits per heavy atom. The van der Waals surface area contributed by atoms with E-state index in [4.69, 9.17) is 0 Å². The molecule has 0 aromatic rings. The van der Waals surface area contributed by atoms with Crippen LogP contribution in [-0.4, -0.2) is 56.0 Å². The third-order valence-electron chi connectivity index (χ3n) is 3.38. The largest absolute Gasteiger partial charge is 0.340 e. The normalized spacial score (nSPS) is 18.6. The summed E-state index contributed by atoms with van der Waals surface area (Å²) >= 11 is 0. The Balaban J connectivity index is 2.33. The molecule has 0 aliphatic carbocycles. The van der Waals surface area contributed by atoms with Crippen LogP contribution in [0.15, 0.2) is 0 Å². The van der Waals surface area contributed by atoms with Gasteiger partial charge in [-0.2, -0.15) is 4.31 Å². The number of sulfonamides is 1. The molecule has 1 heterocycles. The van der Waals surface area contributed by atoms with Crippen LogP contribution in [0.2, 0.25) is 0 Å². The number of piperazine rings is 1. The van der Waals surface area contributed by atoms with E-state index < -0.39 is 10.0 Å². The number of rotatable bonds is 4. The van der Waals surface area contributed by atoms with Gasteiger partial charge in [0.2, 0.25) is 15.9 Å². The molecule has 6 heteroatoms. The maximum absolute atomic E-state index is 12.0. The summed E-state index contributed by atoms with van der Waals surface area (Å²) in [6.45, 7) is 8.38. The minimum atomic E-state index is -3.12. The molecule has 19 heavy (non-hydrogen) atoms. The smallest absolute Gasteiger partial charge is 0.222 e. The third-order valence-corrected chi connectivity index (χ3v) is 4.68. The van der Waals surface area contributed by atoms with E-state index in [1.54, 1.807) is 4.90 Å². The summed E-state index contributed by atoms with van der Waals surface area (Å²) in [5.74, 6) is 0.150. The number of amides is 1. The van der Waals surface area contributed by atoms with E-state index in [2.05, 4.69) is 20.8 Å². The fourth-order valence-electron chi connectivity index (χ4n) is 2.20. The van der Waals surface area contributed by atoms with Gasteiger partial charge in [0.15, 0.2) is 0 Å². The highest BCUT2D eigenvalue weighted by molar-refractivity contribution is 7.88. The highest BCUT2D eigenvalue weighted by Gasteiger charge is 2.25. The Morgan fingerprint density at radius 2 is 1.63 bits per heavy atom. The van der Waals surface area contributed by atoms with Gasteiger partial charge in [-0.1, -0.05) is 20.8 Å². The van der Waals surface area contributed by atoms with E-state index in [0.29, 0.717) is 32.6 Å². The molecule has 5 nitrogen and oxygen atoms in total. The molecule has 1 rings (SSSR count). The Kier molecular flexibility index (Phi) is 5.38. The molecule has 0 radical (unpaired) electrons. The van der Waals surface area contributed by atoms with Crippen molar-refractivity contribution in [3.8, 4) is 0 Å². The van der Waals surface area contributed by atoms with Crippen molar-refractivity contribution in [1.29, 1.82) is 0 Å². The predicted molar refractivity (Wildman–Crippen MR) is 76.3 cm³/mol. The molecule has 0 unspecified atom stereocenters. The first kappa shape index (κ1) is 16.4. The molecule has 0 aromatic carbocycles. The molecule has 1 fully saturated rings. The quantitative estimate of drug-likeness (QED) is 0.784. The average molecular weight is 290 g/mol. The lowest BCUT2D eigenvalue weighted by molar-refractivity contribution is -0.132. The van der Waals surface area contributed by atoms with Crippen LogP contribution < -0.4 is 0 Å². The summed E-state index contributed by atoms with van der Waals surface area (Å²) in [6.07, 6.45) is 3.71. The van der Waals surface area contributed by atoms with Crippen LogP contribution >= 0.6 is 0 Å². The van der Waals surface area contributed by atoms with Gasteiger partial charge in [-0.3, -0.25) is 4.79 Å². The topological polar surface area (TPSA) is 57.7 Å². The highest BCUT2D eigenvalue weighted by atomic mass is 32.2. The van der Waals surface area contributed by atoms with Crippen molar-refractivity contribution in [2.24, 2.45) is 5.41 Å². The monoisotopic (exact) mass is 290 g/mol. The molecular weight excluding hydrogens is 264 g/mol. The number of hydrogen-bond acceptors (Lipinski definition) is 3. The Bertz CT molecular complexity index is 404. The van der Waals surface area contributed by atoms with Crippen LogP contribution in [0.3, 0.4) is 0 Å². The van der Waals surface area contributed by atoms with Gasteiger partial charge < -0.3 is 4.90 Å². The lowest BCUT2D eigenvalue weighted by atomic mass is 9.90. The molecule has 1 aliphatic heterocycles. The first-order valence-corrected chi connectivity index (χ1v) is 8.67. The number of carbonyl (C=O) groups is 1. The minimum Gasteiger partial charge on any atom is -0.340 e. The van der Waals surface area contributed by atoms with Crippen molar-refractivity contribution in [3.05, 3.63) is 0 Å². The van der Waals surface area contributed by atoms with Gasteiger partial charge in [-0.15, -0.1) is 0 Å². The van der Waals surface area contributed by atoms with E-state index in [1.165, 1.54) is 10.6 Å². The Labute approximate surface area is 117 Å². The summed E-state index contributed by atoms with van der Waals surface area (Å²) in [4.78, 5) is 13.8. The van der Waals surface area contributed by atoms with Crippen molar-refractivity contribution in [2.45, 2.75) is 40.0 Å². The SMILES string of the molecule is CC(C)(C)CCCC(=O)N1CCN(S(C)(=O)=O)CC1. The lowest BCUT2D eigenvalue weighted by Gasteiger charge is -2.33. The second-order valence-corrected chi connectivity index (χ2v) is 8.44. The Morgan fingerprint density at radius 1 is 1.11 bits per heavy atom. The number of carbonyl (C=O) groups excluding carboxylic acids is 1. The molecule has 0 spiro atoms. The van der Waals surface area contributed by atoms with Crippen molar-refractivity contribution in [3.63, 3.8) is 0 Å². The van der Waals surface area contributed by atoms with Gasteiger partial charge in [0.05, 0.1) is 6.26 Å². The van der Waals surface area contributed by atoms with Crippen LogP contribution in [0.25, 0.3) is 0 Å². The van der Waals surface area contributed by atoms with Gasteiger partial charge in [0.1, 0.15) is 0 Å². The van der Waals surface area contributed by atoms with Crippen molar-refractivity contribution in [2.75, 3.05) is 32.4 Å². The average Bonchev–Trinajstić information content (AvgIpc) is 2.26. The molecule has 0 bridgehead atoms. The van der Waals surface area contributed by atoms with Gasteiger partial charge in [0.25, 0.3) is 0 Å². The maximum Gasteiger partial charge on any atom is 0.222 e. The zero-order valence-electron chi connectivity index (χ0n) is 12.5. The standard InChI is InChI=1S/C13H26N2O3S/c1-13(2,3)7-5-6-12(16)14-8-10-15(11-9-14)19(4,17)18/h5-11H2,1-4H3. The molecule has 0 atom stereocenters. The van der Waals surface area contributed by atoms with Crippen LogP contribution in [0.1, 0.15) is 40.0 Å². The summed E-state index contributed by atoms with van der Waals surface area (Å²) in [7, 11) is -3.12. The zero-order valence-corrected chi connectivity index (χ0v) is 13.3. The molecule has 1 saturated heterocycles. The van der Waals surface area contributed by atoms with Gasteiger partial charge in [-0.25, -0.2) is 8.42 Å². The molecule has 1 amide bonds. The first-order valence-electron chi connectivity index (χ1n) is 6.82. The van der Waals surface area contributed by atoms with Gasteiger partial charge in [-0.05, 0) is 18.3 Å². The molecule has 112 valence electrons. The lowest BCUT2D eigenvalue weighted by Crippen LogP contribution is -2.50. The van der Waals surface area contributed by atoms with E-state index in [9.17, 15) is 13.2 Å². The number of nitrogens with zero attached hydrogens (tertiary/aromatic N) is 2. The molecule has 1 aliphatic rings. The highest BCUT2D eigenvalue weighted by Crippen LogP contribution is 2.22. The van der Waals surface area contributed by atoms with Gasteiger partial charge in [0, 0.05) is 32.6 Å². The van der Waals surface area contributed by atoms with E-state index in [0.717, 1.165) is 12.8 Å². The third kappa shape index (κ3) is 5.91. The van der Waals surface area contributed by atoms with Gasteiger partial charge >= 0.3 is 0 Å². The van der Waals surface area contributed by atoms with E-state index in [1.807, 2.05) is 0 Å². The van der Waals surface area contributed by atoms with Crippen molar-refractivity contribution < 1.29 is 13.2 Å². The minimum absolute atomic E-state index is 0.150. The summed E-state index contributed by atoms with van der Waals surface area (Å²) in [5.41, 5.74) is 0.259. The number of hydrogen-bond donors (Lipinski definition) is 0. The van der Waals surface area contributed by atoms with E-state index in [-0.39, 0.29) is 11.3 Å². The second kappa shape index (κ2) is 6.22. The Hall–Kier alpha value is -0.620. The summed E-state index contributed by atoms with van der Waals surface area (Å²) in [5, 5.41) is 0. The summed E-state index contributed by atoms with van der Waals surface area (Å²) in [6, 6.07) is 0. The van der Waals surface area contributed by atoms with Crippen LogP contribution in [0, 0.1) is 5.41 Å². The van der Waals surface area contributed by atoms with Crippen LogP contribution in [0.5, 0.6) is 0 Å².